The van der Waals surface area contributed by atoms with E-state index in [0.29, 0.717) is 23.1 Å². The van der Waals surface area contributed by atoms with Crippen LogP contribution in [0.4, 0.5) is 0 Å². The summed E-state index contributed by atoms with van der Waals surface area (Å²) in [7, 11) is 0. The number of nitrogens with one attached hydrogen (secondary N) is 1. The molecule has 4 nitrogen and oxygen atoms in total. The van der Waals surface area contributed by atoms with Crippen LogP contribution in [-0.4, -0.2) is 34.6 Å². The molecule has 0 radical (unpaired) electrons. The standard InChI is InChI=1S/C22H26BrClN2O2S/c1-15(2)25-22(28)16(3)26(12-17-6-4-8-19(23)10-17)21(27)14-29-13-18-7-5-9-20(24)11-18/h4-11,15-16H,12-14H2,1-3H3,(H,25,28)/t16-/m0/s1. The number of thioether (sulfide) groups is 1. The first kappa shape index (κ1) is 23.8. The summed E-state index contributed by atoms with van der Waals surface area (Å²) in [5.74, 6) is 0.759. The van der Waals surface area contributed by atoms with Gasteiger partial charge in [-0.3, -0.25) is 9.59 Å². The first-order chi connectivity index (χ1) is 13.8. The van der Waals surface area contributed by atoms with E-state index in [1.807, 2.05) is 62.4 Å². The summed E-state index contributed by atoms with van der Waals surface area (Å²) in [4.78, 5) is 27.2. The summed E-state index contributed by atoms with van der Waals surface area (Å²) < 4.78 is 0.942. The third-order valence-electron chi connectivity index (χ3n) is 4.22. The fraction of sp³-hybridized carbons (Fsp3) is 0.364. The van der Waals surface area contributed by atoms with Gasteiger partial charge in [0.15, 0.2) is 0 Å². The minimum absolute atomic E-state index is 0.0185. The first-order valence-electron chi connectivity index (χ1n) is 9.42. The van der Waals surface area contributed by atoms with Crippen LogP contribution in [0.3, 0.4) is 0 Å². The molecule has 0 fully saturated rings. The molecule has 0 unspecified atom stereocenters. The summed E-state index contributed by atoms with van der Waals surface area (Å²) >= 11 is 11.0. The molecule has 2 aromatic carbocycles. The Morgan fingerprint density at radius 1 is 1.10 bits per heavy atom. The topological polar surface area (TPSA) is 49.4 Å². The summed E-state index contributed by atoms with van der Waals surface area (Å²) in [5.41, 5.74) is 2.04. The van der Waals surface area contributed by atoms with Gasteiger partial charge in [0.2, 0.25) is 11.8 Å². The molecule has 0 heterocycles. The molecule has 1 atom stereocenters. The maximum atomic E-state index is 13.0. The van der Waals surface area contributed by atoms with E-state index < -0.39 is 6.04 Å². The van der Waals surface area contributed by atoms with Crippen molar-refractivity contribution in [3.63, 3.8) is 0 Å². The first-order valence-corrected chi connectivity index (χ1v) is 11.8. The van der Waals surface area contributed by atoms with Crippen LogP contribution in [0.25, 0.3) is 0 Å². The van der Waals surface area contributed by atoms with Gasteiger partial charge in [-0.2, -0.15) is 0 Å². The number of carbonyl (C=O) groups is 2. The largest absolute Gasteiger partial charge is 0.352 e. The lowest BCUT2D eigenvalue weighted by Crippen LogP contribution is -2.49. The van der Waals surface area contributed by atoms with Crippen molar-refractivity contribution in [2.45, 2.75) is 45.2 Å². The number of benzene rings is 2. The lowest BCUT2D eigenvalue weighted by molar-refractivity contribution is -0.138. The average molecular weight is 498 g/mol. The molecule has 0 aliphatic carbocycles. The zero-order valence-corrected chi connectivity index (χ0v) is 20.0. The molecular weight excluding hydrogens is 472 g/mol. The van der Waals surface area contributed by atoms with Crippen LogP contribution >= 0.6 is 39.3 Å². The van der Waals surface area contributed by atoms with Gasteiger partial charge in [-0.25, -0.2) is 0 Å². The lowest BCUT2D eigenvalue weighted by atomic mass is 10.1. The zero-order valence-electron chi connectivity index (χ0n) is 16.8. The van der Waals surface area contributed by atoms with E-state index in [1.165, 1.54) is 11.8 Å². The molecular formula is C22H26BrClN2O2S. The maximum absolute atomic E-state index is 13.0. The fourth-order valence-electron chi connectivity index (χ4n) is 2.79. The molecule has 2 aromatic rings. The Bertz CT molecular complexity index is 847. The van der Waals surface area contributed by atoms with Crippen molar-refractivity contribution < 1.29 is 9.59 Å². The van der Waals surface area contributed by atoms with Crippen LogP contribution in [0.1, 0.15) is 31.9 Å². The fourth-order valence-corrected chi connectivity index (χ4v) is 4.30. The smallest absolute Gasteiger partial charge is 0.242 e. The number of hydrogen-bond donors (Lipinski definition) is 1. The molecule has 0 aliphatic heterocycles. The Labute approximate surface area is 190 Å². The van der Waals surface area contributed by atoms with Gasteiger partial charge < -0.3 is 10.2 Å². The molecule has 0 saturated heterocycles. The molecule has 0 saturated carbocycles. The van der Waals surface area contributed by atoms with E-state index in [2.05, 4.69) is 21.2 Å². The SMILES string of the molecule is CC(C)NC(=O)[C@H](C)N(Cc1cccc(Br)c1)C(=O)CSCc1cccc(Cl)c1. The molecule has 0 spiro atoms. The molecule has 2 rings (SSSR count). The van der Waals surface area contributed by atoms with Crippen LogP contribution in [0.15, 0.2) is 53.0 Å². The molecule has 0 aliphatic rings. The second-order valence-corrected chi connectivity index (χ2v) is 9.45. The number of nitrogens with zero attached hydrogens (tertiary/aromatic N) is 1. The third kappa shape index (κ3) is 8.03. The number of halogens is 2. The van der Waals surface area contributed by atoms with Crippen molar-refractivity contribution in [3.05, 3.63) is 69.2 Å². The highest BCUT2D eigenvalue weighted by atomic mass is 79.9. The van der Waals surface area contributed by atoms with Crippen LogP contribution in [0.2, 0.25) is 5.02 Å². The molecule has 0 bridgehead atoms. The second kappa shape index (κ2) is 11.6. The summed E-state index contributed by atoms with van der Waals surface area (Å²) in [6.45, 7) is 5.97. The van der Waals surface area contributed by atoms with E-state index in [-0.39, 0.29) is 17.9 Å². The van der Waals surface area contributed by atoms with Gasteiger partial charge in [-0.15, -0.1) is 11.8 Å². The molecule has 0 aromatic heterocycles. The van der Waals surface area contributed by atoms with Gasteiger partial charge in [0.25, 0.3) is 0 Å². The zero-order chi connectivity index (χ0) is 21.4. The molecule has 156 valence electrons. The van der Waals surface area contributed by atoms with Gasteiger partial charge in [-0.05, 0) is 56.2 Å². The van der Waals surface area contributed by atoms with Crippen molar-refractivity contribution in [2.24, 2.45) is 0 Å². The van der Waals surface area contributed by atoms with Gasteiger partial charge in [0.05, 0.1) is 5.75 Å². The Balaban J connectivity index is 2.07. The van der Waals surface area contributed by atoms with E-state index in [4.69, 9.17) is 11.6 Å². The Morgan fingerprint density at radius 3 is 2.45 bits per heavy atom. The summed E-state index contributed by atoms with van der Waals surface area (Å²) in [5, 5.41) is 3.58. The molecule has 1 N–H and O–H groups in total. The predicted octanol–water partition coefficient (Wildman–Crippen LogP) is 5.28. The maximum Gasteiger partial charge on any atom is 0.242 e. The van der Waals surface area contributed by atoms with Gasteiger partial charge >= 0.3 is 0 Å². The minimum atomic E-state index is -0.560. The minimum Gasteiger partial charge on any atom is -0.352 e. The number of hydrogen-bond acceptors (Lipinski definition) is 3. The number of rotatable bonds is 9. The third-order valence-corrected chi connectivity index (χ3v) is 5.94. The molecule has 2 amide bonds. The molecule has 7 heteroatoms. The molecule has 29 heavy (non-hydrogen) atoms. The normalized spacial score (nSPS) is 11.9. The van der Waals surface area contributed by atoms with E-state index in [0.717, 1.165) is 15.6 Å². The number of carbonyl (C=O) groups excluding carboxylic acids is 2. The van der Waals surface area contributed by atoms with Crippen LogP contribution < -0.4 is 5.32 Å². The Hall–Kier alpha value is -1.50. The van der Waals surface area contributed by atoms with E-state index >= 15 is 0 Å². The van der Waals surface area contributed by atoms with E-state index in [9.17, 15) is 9.59 Å². The predicted molar refractivity (Wildman–Crippen MR) is 125 cm³/mol. The highest BCUT2D eigenvalue weighted by Gasteiger charge is 2.26. The Kier molecular flexibility index (Phi) is 9.53. The second-order valence-electron chi connectivity index (χ2n) is 7.11. The van der Waals surface area contributed by atoms with Crippen molar-refractivity contribution >= 4 is 51.1 Å². The van der Waals surface area contributed by atoms with Crippen LogP contribution in [0, 0.1) is 0 Å². The summed E-state index contributed by atoms with van der Waals surface area (Å²) in [6.07, 6.45) is 0. The van der Waals surface area contributed by atoms with Crippen molar-refractivity contribution in [1.82, 2.24) is 10.2 Å². The van der Waals surface area contributed by atoms with Crippen LogP contribution in [-0.2, 0) is 21.9 Å². The van der Waals surface area contributed by atoms with Crippen molar-refractivity contribution in [1.29, 1.82) is 0 Å². The lowest BCUT2D eigenvalue weighted by Gasteiger charge is -2.29. The quantitative estimate of drug-likeness (QED) is 0.513. The number of amides is 2. The van der Waals surface area contributed by atoms with Crippen molar-refractivity contribution in [3.8, 4) is 0 Å². The highest BCUT2D eigenvalue weighted by Crippen LogP contribution is 2.19. The monoisotopic (exact) mass is 496 g/mol. The van der Waals surface area contributed by atoms with Gasteiger partial charge in [-0.1, -0.05) is 51.8 Å². The average Bonchev–Trinajstić information content (AvgIpc) is 2.65. The summed E-state index contributed by atoms with van der Waals surface area (Å²) in [6, 6.07) is 14.9. The van der Waals surface area contributed by atoms with Crippen molar-refractivity contribution in [2.75, 3.05) is 5.75 Å². The van der Waals surface area contributed by atoms with Gasteiger partial charge in [0.1, 0.15) is 6.04 Å². The highest BCUT2D eigenvalue weighted by molar-refractivity contribution is 9.10. The Morgan fingerprint density at radius 2 is 1.79 bits per heavy atom. The van der Waals surface area contributed by atoms with Gasteiger partial charge in [0, 0.05) is 27.8 Å². The van der Waals surface area contributed by atoms with E-state index in [1.54, 1.807) is 11.8 Å². The van der Waals surface area contributed by atoms with Crippen LogP contribution in [0.5, 0.6) is 0 Å².